The first-order chi connectivity index (χ1) is 17.0. The number of ether oxygens (including phenoxy) is 3. The quantitative estimate of drug-likeness (QED) is 0.434. The molecule has 3 aromatic rings. The number of amides is 2. The number of anilines is 2. The van der Waals surface area contributed by atoms with Crippen molar-refractivity contribution in [1.82, 2.24) is 24.8 Å². The van der Waals surface area contributed by atoms with Crippen molar-refractivity contribution in [3.05, 3.63) is 40.8 Å². The van der Waals surface area contributed by atoms with Crippen molar-refractivity contribution < 1.29 is 23.8 Å². The number of nitrogens with zero attached hydrogens (tertiary/aromatic N) is 5. The van der Waals surface area contributed by atoms with E-state index in [4.69, 9.17) is 14.2 Å². The van der Waals surface area contributed by atoms with Crippen LogP contribution < -0.4 is 30.6 Å². The Labute approximate surface area is 199 Å². The monoisotopic (exact) mass is 481 g/mol. The van der Waals surface area contributed by atoms with Gasteiger partial charge in [-0.15, -0.1) is 0 Å². The number of aryl methyl sites for hydroxylation is 1. The molecule has 5 heterocycles. The molecule has 13 heteroatoms. The van der Waals surface area contributed by atoms with Crippen LogP contribution in [0.4, 0.5) is 16.4 Å². The fourth-order valence-electron chi connectivity index (χ4n) is 3.75. The van der Waals surface area contributed by atoms with E-state index < -0.39 is 6.09 Å². The Morgan fingerprint density at radius 1 is 1.17 bits per heavy atom. The van der Waals surface area contributed by atoms with E-state index in [9.17, 15) is 14.4 Å². The molecule has 0 aromatic carbocycles. The van der Waals surface area contributed by atoms with E-state index in [1.54, 1.807) is 31.3 Å². The van der Waals surface area contributed by atoms with Crippen LogP contribution in [0, 0.1) is 0 Å². The minimum atomic E-state index is -0.486. The van der Waals surface area contributed by atoms with Gasteiger partial charge in [0.1, 0.15) is 24.0 Å². The first kappa shape index (κ1) is 22.5. The van der Waals surface area contributed by atoms with Gasteiger partial charge in [0.2, 0.25) is 5.88 Å². The molecule has 0 radical (unpaired) electrons. The summed E-state index contributed by atoms with van der Waals surface area (Å²) in [6.45, 7) is 1.83. The highest BCUT2D eigenvalue weighted by Gasteiger charge is 2.33. The maximum absolute atomic E-state index is 12.3. The van der Waals surface area contributed by atoms with Crippen molar-refractivity contribution in [2.75, 3.05) is 43.1 Å². The Morgan fingerprint density at radius 3 is 2.94 bits per heavy atom. The lowest BCUT2D eigenvalue weighted by Gasteiger charge is -2.19. The molecule has 13 nitrogen and oxygen atoms in total. The summed E-state index contributed by atoms with van der Waals surface area (Å²) in [6.07, 6.45) is 1.08. The maximum atomic E-state index is 12.3. The van der Waals surface area contributed by atoms with E-state index in [-0.39, 0.29) is 30.0 Å². The molecule has 2 N–H and O–H groups in total. The van der Waals surface area contributed by atoms with Crippen LogP contribution in [0.25, 0.3) is 11.2 Å². The van der Waals surface area contributed by atoms with Crippen molar-refractivity contribution in [2.45, 2.75) is 12.5 Å². The molecule has 1 atom stereocenters. The van der Waals surface area contributed by atoms with Crippen LogP contribution in [0.1, 0.15) is 6.42 Å². The van der Waals surface area contributed by atoms with Crippen molar-refractivity contribution in [3.63, 3.8) is 0 Å². The number of pyridine rings is 2. The molecule has 1 unspecified atom stereocenters. The molecule has 0 bridgehead atoms. The van der Waals surface area contributed by atoms with E-state index >= 15 is 0 Å². The second-order valence-electron chi connectivity index (χ2n) is 8.00. The first-order valence-electron chi connectivity index (χ1n) is 11.1. The molecule has 1 saturated heterocycles. The number of carbonyl (C=O) groups excluding carboxylic acids is 2. The number of fused-ring (bicyclic) bond motifs is 2. The van der Waals surface area contributed by atoms with Gasteiger partial charge in [-0.25, -0.2) is 14.8 Å². The lowest BCUT2D eigenvalue weighted by molar-refractivity contribution is -0.118. The number of rotatable bonds is 8. The lowest BCUT2D eigenvalue weighted by Crippen LogP contribution is -2.29. The Kier molecular flexibility index (Phi) is 6.14. The second kappa shape index (κ2) is 9.54. The van der Waals surface area contributed by atoms with Crippen LogP contribution in [0.5, 0.6) is 11.6 Å². The number of cyclic esters (lactones) is 1. The summed E-state index contributed by atoms with van der Waals surface area (Å²) in [7, 11) is 1.63. The van der Waals surface area contributed by atoms with Gasteiger partial charge in [0, 0.05) is 19.7 Å². The second-order valence-corrected chi connectivity index (χ2v) is 8.00. The number of hydrogen-bond acceptors (Lipinski definition) is 10. The Balaban J connectivity index is 1.07. The third kappa shape index (κ3) is 4.84. The van der Waals surface area contributed by atoms with E-state index in [2.05, 4.69) is 25.6 Å². The molecule has 2 aliphatic rings. The van der Waals surface area contributed by atoms with Crippen molar-refractivity contribution >= 4 is 34.8 Å². The van der Waals surface area contributed by atoms with Gasteiger partial charge in [0.15, 0.2) is 23.8 Å². The molecule has 0 aliphatic carbocycles. The summed E-state index contributed by atoms with van der Waals surface area (Å²) in [5.74, 6) is 1.25. The fourth-order valence-corrected chi connectivity index (χ4v) is 3.75. The van der Waals surface area contributed by atoms with Gasteiger partial charge in [-0.05, 0) is 31.2 Å². The van der Waals surface area contributed by atoms with Crippen LogP contribution in [-0.4, -0.2) is 70.5 Å². The topological polar surface area (TPSA) is 150 Å². The predicted molar refractivity (Wildman–Crippen MR) is 124 cm³/mol. The predicted octanol–water partition coefficient (Wildman–Crippen LogP) is 0.438. The zero-order valence-corrected chi connectivity index (χ0v) is 18.9. The highest BCUT2D eigenvalue weighted by molar-refractivity contribution is 5.95. The maximum Gasteiger partial charge on any atom is 0.415 e. The Morgan fingerprint density at radius 2 is 2.06 bits per heavy atom. The lowest BCUT2D eigenvalue weighted by atomic mass is 10.2. The summed E-state index contributed by atoms with van der Waals surface area (Å²) < 4.78 is 17.8. The number of nitrogens with one attached hydrogen (secondary N) is 2. The molecular formula is C22H23N7O6. The first-order valence-corrected chi connectivity index (χ1v) is 11.1. The molecule has 1 fully saturated rings. The van der Waals surface area contributed by atoms with Gasteiger partial charge in [0.05, 0.1) is 12.7 Å². The minimum Gasteiger partial charge on any atom is -0.480 e. The van der Waals surface area contributed by atoms with Crippen LogP contribution in [-0.2, 0) is 16.6 Å². The fraction of sp³-hybridized carbons (Fsp3) is 0.364. The number of hydrogen-bond donors (Lipinski definition) is 2. The molecular weight excluding hydrogens is 458 g/mol. The van der Waals surface area contributed by atoms with Crippen LogP contribution in [0.15, 0.2) is 35.3 Å². The summed E-state index contributed by atoms with van der Waals surface area (Å²) >= 11 is 0. The Hall–Kier alpha value is -4.26. The summed E-state index contributed by atoms with van der Waals surface area (Å²) in [5, 5.41) is 5.88. The summed E-state index contributed by atoms with van der Waals surface area (Å²) in [5.41, 5.74) is 0.832. The third-order valence-electron chi connectivity index (χ3n) is 5.57. The number of aromatic nitrogens is 4. The average Bonchev–Trinajstić information content (AvgIpc) is 3.23. The van der Waals surface area contributed by atoms with Gasteiger partial charge in [-0.3, -0.25) is 19.1 Å². The van der Waals surface area contributed by atoms with Gasteiger partial charge < -0.3 is 24.8 Å². The molecule has 35 heavy (non-hydrogen) atoms. The summed E-state index contributed by atoms with van der Waals surface area (Å²) in [6, 6.07) is 6.78. The SMILES string of the molecule is Cn1c(=O)cnc2ccc(OCCNCCC3CN(c4ccc5c(n4)NC(=O)CO5)C(=O)O3)nc21. The molecule has 2 aliphatic heterocycles. The molecule has 0 saturated carbocycles. The van der Waals surface area contributed by atoms with Gasteiger partial charge in [0.25, 0.3) is 11.5 Å². The van der Waals surface area contributed by atoms with E-state index in [0.717, 1.165) is 0 Å². The summed E-state index contributed by atoms with van der Waals surface area (Å²) in [4.78, 5) is 49.7. The van der Waals surface area contributed by atoms with E-state index in [1.165, 1.54) is 15.7 Å². The highest BCUT2D eigenvalue weighted by atomic mass is 16.6. The largest absolute Gasteiger partial charge is 0.480 e. The molecule has 182 valence electrons. The van der Waals surface area contributed by atoms with E-state index in [1.807, 2.05) is 0 Å². The van der Waals surface area contributed by atoms with Crippen molar-refractivity contribution in [3.8, 4) is 11.6 Å². The Bertz CT molecular complexity index is 1340. The molecule has 5 rings (SSSR count). The normalized spacial score (nSPS) is 17.1. The molecule has 3 aromatic heterocycles. The standard InChI is InChI=1S/C22H23N7O6/c1-28-19(31)10-24-14-2-5-18(27-21(14)28)33-9-8-23-7-6-13-11-29(22(32)35-13)16-4-3-15-20(25-16)26-17(30)12-34-15/h2-5,10,13,23H,6-9,11-12H2,1H3,(H,25,26,30). The van der Waals surface area contributed by atoms with Crippen molar-refractivity contribution in [2.24, 2.45) is 7.05 Å². The zero-order chi connectivity index (χ0) is 24.4. The van der Waals surface area contributed by atoms with Gasteiger partial charge >= 0.3 is 6.09 Å². The molecule has 2 amide bonds. The van der Waals surface area contributed by atoms with Crippen LogP contribution in [0.2, 0.25) is 0 Å². The smallest absolute Gasteiger partial charge is 0.415 e. The van der Waals surface area contributed by atoms with E-state index in [0.29, 0.717) is 61.3 Å². The van der Waals surface area contributed by atoms with Gasteiger partial charge in [-0.2, -0.15) is 4.98 Å². The minimum absolute atomic E-state index is 0.0584. The van der Waals surface area contributed by atoms with Gasteiger partial charge in [-0.1, -0.05) is 0 Å². The average molecular weight is 481 g/mol. The third-order valence-corrected chi connectivity index (χ3v) is 5.57. The molecule has 0 spiro atoms. The highest BCUT2D eigenvalue weighted by Crippen LogP contribution is 2.30. The zero-order valence-electron chi connectivity index (χ0n) is 18.9. The number of carbonyl (C=O) groups is 2. The van der Waals surface area contributed by atoms with Crippen LogP contribution in [0.3, 0.4) is 0 Å². The van der Waals surface area contributed by atoms with Crippen LogP contribution >= 0.6 is 0 Å². The van der Waals surface area contributed by atoms with Crippen molar-refractivity contribution in [1.29, 1.82) is 0 Å².